The van der Waals surface area contributed by atoms with Gasteiger partial charge in [0, 0.05) is 17.3 Å². The van der Waals surface area contributed by atoms with Crippen molar-refractivity contribution in [2.45, 2.75) is 20.8 Å². The molecule has 1 amide bonds. The second-order valence-electron chi connectivity index (χ2n) is 3.61. The molecule has 2 heterocycles. The fourth-order valence-electron chi connectivity index (χ4n) is 1.25. The minimum absolute atomic E-state index is 0.178. The van der Waals surface area contributed by atoms with E-state index in [4.69, 9.17) is 4.52 Å². The monoisotopic (exact) mass is 220 g/mol. The van der Waals surface area contributed by atoms with E-state index in [0.29, 0.717) is 11.5 Å². The van der Waals surface area contributed by atoms with Crippen LogP contribution in [0.15, 0.2) is 10.6 Å². The van der Waals surface area contributed by atoms with Gasteiger partial charge in [-0.2, -0.15) is 5.10 Å². The Kier molecular flexibility index (Phi) is 2.47. The Labute approximate surface area is 92.0 Å². The molecule has 2 rings (SSSR count). The van der Waals surface area contributed by atoms with Gasteiger partial charge in [-0.25, -0.2) is 0 Å². The number of anilines is 1. The van der Waals surface area contributed by atoms with E-state index >= 15 is 0 Å². The van der Waals surface area contributed by atoms with Gasteiger partial charge in [-0.3, -0.25) is 9.89 Å². The minimum atomic E-state index is -0.352. The summed E-state index contributed by atoms with van der Waals surface area (Å²) in [7, 11) is 0. The third-order valence-electron chi connectivity index (χ3n) is 2.34. The number of hydrogen-bond acceptors (Lipinski definition) is 4. The Morgan fingerprint density at radius 3 is 2.69 bits per heavy atom. The lowest BCUT2D eigenvalue weighted by Crippen LogP contribution is -2.12. The van der Waals surface area contributed by atoms with E-state index in [9.17, 15) is 4.79 Å². The van der Waals surface area contributed by atoms with Crippen molar-refractivity contribution in [3.8, 4) is 0 Å². The summed E-state index contributed by atoms with van der Waals surface area (Å²) in [6, 6.07) is 1.57. The summed E-state index contributed by atoms with van der Waals surface area (Å²) in [5.74, 6) is 0.337. The highest BCUT2D eigenvalue weighted by Gasteiger charge is 2.14. The zero-order chi connectivity index (χ0) is 11.7. The van der Waals surface area contributed by atoms with Crippen LogP contribution in [0, 0.1) is 20.8 Å². The summed E-state index contributed by atoms with van der Waals surface area (Å²) < 4.78 is 4.84. The molecule has 2 aromatic rings. The molecule has 0 unspecified atom stereocenters. The van der Waals surface area contributed by atoms with Crippen molar-refractivity contribution in [1.82, 2.24) is 15.4 Å². The average molecular weight is 220 g/mol. The third-order valence-corrected chi connectivity index (χ3v) is 2.34. The summed E-state index contributed by atoms with van der Waals surface area (Å²) in [5, 5.41) is 13.0. The zero-order valence-corrected chi connectivity index (χ0v) is 9.29. The molecule has 0 aliphatic rings. The third kappa shape index (κ3) is 1.81. The quantitative estimate of drug-likeness (QED) is 0.804. The maximum absolute atomic E-state index is 11.7. The van der Waals surface area contributed by atoms with E-state index < -0.39 is 0 Å². The fraction of sp³-hybridized carbons (Fsp3) is 0.300. The molecule has 0 radical (unpaired) electrons. The predicted molar refractivity (Wildman–Crippen MR) is 57.3 cm³/mol. The van der Waals surface area contributed by atoms with Gasteiger partial charge >= 0.3 is 0 Å². The number of carbonyl (C=O) groups excluding carboxylic acids is 1. The molecule has 0 saturated heterocycles. The van der Waals surface area contributed by atoms with E-state index in [1.807, 2.05) is 13.8 Å². The molecular formula is C10H12N4O2. The van der Waals surface area contributed by atoms with Crippen LogP contribution in [-0.4, -0.2) is 21.3 Å². The van der Waals surface area contributed by atoms with E-state index in [-0.39, 0.29) is 11.7 Å². The summed E-state index contributed by atoms with van der Waals surface area (Å²) in [6.07, 6.45) is 0. The highest BCUT2D eigenvalue weighted by Crippen LogP contribution is 2.15. The number of H-pyrrole nitrogens is 1. The lowest BCUT2D eigenvalue weighted by molar-refractivity contribution is 0.0987. The first-order valence-corrected chi connectivity index (χ1v) is 4.84. The smallest absolute Gasteiger partial charge is 0.295 e. The van der Waals surface area contributed by atoms with Gasteiger partial charge in [0.1, 0.15) is 0 Å². The molecule has 0 aromatic carbocycles. The number of hydrogen-bond donors (Lipinski definition) is 2. The number of rotatable bonds is 2. The maximum atomic E-state index is 11.7. The van der Waals surface area contributed by atoms with Crippen LogP contribution in [-0.2, 0) is 0 Å². The summed E-state index contributed by atoms with van der Waals surface area (Å²) in [6.45, 7) is 5.51. The van der Waals surface area contributed by atoms with E-state index in [2.05, 4.69) is 20.7 Å². The standard InChI is InChI=1S/C10H12N4O2/c1-5-4-8(16-14-5)10(15)11-9-6(2)7(3)12-13-9/h4H,1-3H3,(H2,11,12,13,15). The van der Waals surface area contributed by atoms with Gasteiger partial charge in [0.25, 0.3) is 5.91 Å². The fourth-order valence-corrected chi connectivity index (χ4v) is 1.25. The molecule has 0 bridgehead atoms. The van der Waals surface area contributed by atoms with E-state index in [0.717, 1.165) is 11.3 Å². The Balaban J connectivity index is 2.17. The van der Waals surface area contributed by atoms with Crippen molar-refractivity contribution >= 4 is 11.7 Å². The molecule has 0 spiro atoms. The number of aromatic amines is 1. The molecule has 16 heavy (non-hydrogen) atoms. The SMILES string of the molecule is Cc1cc(C(=O)Nc2n[nH]c(C)c2C)on1. The van der Waals surface area contributed by atoms with Gasteiger partial charge in [-0.15, -0.1) is 0 Å². The molecule has 6 heteroatoms. The first-order chi connectivity index (χ1) is 7.58. The van der Waals surface area contributed by atoms with E-state index in [1.165, 1.54) is 0 Å². The number of carbonyl (C=O) groups is 1. The molecule has 0 atom stereocenters. The van der Waals surface area contributed by atoms with Crippen molar-refractivity contribution in [3.63, 3.8) is 0 Å². The minimum Gasteiger partial charge on any atom is -0.351 e. The van der Waals surface area contributed by atoms with Crippen LogP contribution in [0.3, 0.4) is 0 Å². The topological polar surface area (TPSA) is 83.8 Å². The molecule has 0 fully saturated rings. The van der Waals surface area contributed by atoms with Crippen molar-refractivity contribution in [3.05, 3.63) is 28.8 Å². The highest BCUT2D eigenvalue weighted by molar-refractivity contribution is 6.02. The zero-order valence-electron chi connectivity index (χ0n) is 9.29. The van der Waals surface area contributed by atoms with E-state index in [1.54, 1.807) is 13.0 Å². The van der Waals surface area contributed by atoms with Gasteiger partial charge in [0.05, 0.1) is 5.69 Å². The van der Waals surface area contributed by atoms with Crippen LogP contribution in [0.25, 0.3) is 0 Å². The van der Waals surface area contributed by atoms with Crippen LogP contribution >= 0.6 is 0 Å². The second-order valence-corrected chi connectivity index (χ2v) is 3.61. The molecule has 2 N–H and O–H groups in total. The largest absolute Gasteiger partial charge is 0.351 e. The van der Waals surface area contributed by atoms with Crippen LogP contribution in [0.4, 0.5) is 5.82 Å². The van der Waals surface area contributed by atoms with Gasteiger partial charge in [-0.05, 0) is 20.8 Å². The van der Waals surface area contributed by atoms with Crippen molar-refractivity contribution in [1.29, 1.82) is 0 Å². The second kappa shape index (κ2) is 3.80. The van der Waals surface area contributed by atoms with Crippen LogP contribution in [0.2, 0.25) is 0 Å². The Morgan fingerprint density at radius 1 is 1.44 bits per heavy atom. The van der Waals surface area contributed by atoms with Crippen molar-refractivity contribution in [2.75, 3.05) is 5.32 Å². The summed E-state index contributed by atoms with van der Waals surface area (Å²) in [5.41, 5.74) is 2.49. The van der Waals surface area contributed by atoms with Crippen LogP contribution in [0.5, 0.6) is 0 Å². The first kappa shape index (κ1) is 10.4. The molecule has 2 aromatic heterocycles. The van der Waals surface area contributed by atoms with Gasteiger partial charge in [0.2, 0.25) is 5.76 Å². The van der Waals surface area contributed by atoms with Crippen molar-refractivity contribution < 1.29 is 9.32 Å². The number of aryl methyl sites for hydroxylation is 2. The molecule has 0 aliphatic carbocycles. The lowest BCUT2D eigenvalue weighted by Gasteiger charge is -1.98. The average Bonchev–Trinajstić information content (AvgIpc) is 2.79. The lowest BCUT2D eigenvalue weighted by atomic mass is 10.3. The first-order valence-electron chi connectivity index (χ1n) is 4.84. The Bertz CT molecular complexity index is 527. The molecule has 84 valence electrons. The summed E-state index contributed by atoms with van der Waals surface area (Å²) >= 11 is 0. The summed E-state index contributed by atoms with van der Waals surface area (Å²) in [4.78, 5) is 11.7. The maximum Gasteiger partial charge on any atom is 0.295 e. The number of nitrogens with one attached hydrogen (secondary N) is 2. The van der Waals surface area contributed by atoms with Gasteiger partial charge < -0.3 is 9.84 Å². The molecular weight excluding hydrogens is 208 g/mol. The Hall–Kier alpha value is -2.11. The van der Waals surface area contributed by atoms with Crippen LogP contribution in [0.1, 0.15) is 27.5 Å². The number of aromatic nitrogens is 3. The molecule has 6 nitrogen and oxygen atoms in total. The van der Waals surface area contributed by atoms with Gasteiger partial charge in [0.15, 0.2) is 5.82 Å². The van der Waals surface area contributed by atoms with Crippen molar-refractivity contribution in [2.24, 2.45) is 0 Å². The molecule has 0 aliphatic heterocycles. The highest BCUT2D eigenvalue weighted by atomic mass is 16.5. The van der Waals surface area contributed by atoms with Gasteiger partial charge in [-0.1, -0.05) is 5.16 Å². The number of amides is 1. The number of nitrogens with zero attached hydrogens (tertiary/aromatic N) is 2. The van der Waals surface area contributed by atoms with Crippen LogP contribution < -0.4 is 5.32 Å². The Morgan fingerprint density at radius 2 is 2.19 bits per heavy atom. The molecule has 0 saturated carbocycles. The predicted octanol–water partition coefficient (Wildman–Crippen LogP) is 1.58. The normalized spacial score (nSPS) is 10.4.